The molecule has 0 bridgehead atoms. The molecule has 9 heteroatoms. The van der Waals surface area contributed by atoms with Crippen LogP contribution in [-0.2, 0) is 4.79 Å². The minimum Gasteiger partial charge on any atom is -0.486 e. The molecule has 6 nitrogen and oxygen atoms in total. The zero-order valence-corrected chi connectivity index (χ0v) is 16.3. The maximum absolute atomic E-state index is 12.9. The van der Waals surface area contributed by atoms with E-state index in [9.17, 15) is 18.4 Å². The van der Waals surface area contributed by atoms with E-state index >= 15 is 0 Å². The fourth-order valence-electron chi connectivity index (χ4n) is 2.29. The standard InChI is InChI=1S/C19H20ClF2N3O3/c1-11(13-6-7-23-17(9-13)25-12(2)26)24-18(27)14-4-5-16(15(20)8-14)28-10-19(3,21)22/h4-9,11H,10H2,1-3H3,(H,24,27)(H,23,25,26). The van der Waals surface area contributed by atoms with Crippen molar-refractivity contribution >= 4 is 29.2 Å². The Bertz CT molecular complexity index is 872. The lowest BCUT2D eigenvalue weighted by Crippen LogP contribution is -2.27. The van der Waals surface area contributed by atoms with Gasteiger partial charge in [0.2, 0.25) is 5.91 Å². The molecular weight excluding hydrogens is 392 g/mol. The van der Waals surface area contributed by atoms with Crippen LogP contribution in [0.2, 0.25) is 5.02 Å². The van der Waals surface area contributed by atoms with Crippen LogP contribution in [0.1, 0.15) is 42.7 Å². The minimum absolute atomic E-state index is 0.0569. The molecule has 1 aromatic heterocycles. The Hall–Kier alpha value is -2.74. The van der Waals surface area contributed by atoms with Crippen LogP contribution >= 0.6 is 11.6 Å². The number of hydrogen-bond acceptors (Lipinski definition) is 4. The van der Waals surface area contributed by atoms with E-state index in [1.807, 2.05) is 0 Å². The van der Waals surface area contributed by atoms with E-state index in [4.69, 9.17) is 16.3 Å². The van der Waals surface area contributed by atoms with Crippen LogP contribution in [0.5, 0.6) is 5.75 Å². The van der Waals surface area contributed by atoms with Gasteiger partial charge in [-0.25, -0.2) is 13.8 Å². The summed E-state index contributed by atoms with van der Waals surface area (Å²) in [7, 11) is 0. The topological polar surface area (TPSA) is 80.3 Å². The predicted molar refractivity (Wildman–Crippen MR) is 102 cm³/mol. The molecule has 28 heavy (non-hydrogen) atoms. The Kier molecular flexibility index (Phi) is 6.90. The zero-order chi connectivity index (χ0) is 20.9. The molecule has 0 radical (unpaired) electrons. The molecule has 1 unspecified atom stereocenters. The van der Waals surface area contributed by atoms with Crippen molar-refractivity contribution in [3.05, 3.63) is 52.7 Å². The summed E-state index contributed by atoms with van der Waals surface area (Å²) < 4.78 is 30.8. The lowest BCUT2D eigenvalue weighted by molar-refractivity contribution is -0.114. The molecule has 1 aromatic carbocycles. The van der Waals surface area contributed by atoms with Gasteiger partial charge in [0, 0.05) is 25.6 Å². The van der Waals surface area contributed by atoms with Crippen LogP contribution in [0.25, 0.3) is 0 Å². The Morgan fingerprint density at radius 3 is 2.61 bits per heavy atom. The number of nitrogens with zero attached hydrogens (tertiary/aromatic N) is 1. The van der Waals surface area contributed by atoms with Gasteiger partial charge in [0.25, 0.3) is 11.8 Å². The third-order valence-corrected chi connectivity index (χ3v) is 3.91. The monoisotopic (exact) mass is 411 g/mol. The smallest absolute Gasteiger partial charge is 0.278 e. The van der Waals surface area contributed by atoms with Crippen LogP contribution < -0.4 is 15.4 Å². The first-order valence-corrected chi connectivity index (χ1v) is 8.77. The lowest BCUT2D eigenvalue weighted by atomic mass is 10.1. The first-order valence-electron chi connectivity index (χ1n) is 8.40. The normalized spacial score (nSPS) is 12.2. The highest BCUT2D eigenvalue weighted by atomic mass is 35.5. The van der Waals surface area contributed by atoms with Crippen LogP contribution in [0.15, 0.2) is 36.5 Å². The fourth-order valence-corrected chi connectivity index (χ4v) is 2.53. The Labute approximate surface area is 166 Å². The number of alkyl halides is 2. The first kappa shape index (κ1) is 21.6. The molecule has 0 aliphatic carbocycles. The summed E-state index contributed by atoms with van der Waals surface area (Å²) in [6.45, 7) is 3.07. The molecule has 2 N–H and O–H groups in total. The molecule has 0 spiro atoms. The highest BCUT2D eigenvalue weighted by Crippen LogP contribution is 2.27. The summed E-state index contributed by atoms with van der Waals surface area (Å²) in [4.78, 5) is 27.6. The zero-order valence-electron chi connectivity index (χ0n) is 15.6. The average molecular weight is 412 g/mol. The molecule has 0 aliphatic rings. The molecule has 0 aliphatic heterocycles. The second-order valence-electron chi connectivity index (χ2n) is 6.35. The van der Waals surface area contributed by atoms with Gasteiger partial charge in [-0.2, -0.15) is 0 Å². The molecule has 2 aromatic rings. The van der Waals surface area contributed by atoms with E-state index in [-0.39, 0.29) is 28.3 Å². The van der Waals surface area contributed by atoms with Crippen LogP contribution in [0.4, 0.5) is 14.6 Å². The maximum Gasteiger partial charge on any atom is 0.278 e. The summed E-state index contributed by atoms with van der Waals surface area (Å²) >= 11 is 6.03. The number of rotatable bonds is 7. The molecule has 150 valence electrons. The van der Waals surface area contributed by atoms with Crippen LogP contribution in [0, 0.1) is 0 Å². The second kappa shape index (κ2) is 8.97. The van der Waals surface area contributed by atoms with Gasteiger partial charge in [-0.3, -0.25) is 9.59 Å². The molecule has 0 fully saturated rings. The third kappa shape index (κ3) is 6.45. The van der Waals surface area contributed by atoms with Gasteiger partial charge in [-0.05, 0) is 42.8 Å². The van der Waals surface area contributed by atoms with Gasteiger partial charge in [0.1, 0.15) is 11.6 Å². The van der Waals surface area contributed by atoms with E-state index < -0.39 is 18.4 Å². The minimum atomic E-state index is -2.99. The number of ether oxygens (including phenoxy) is 1. The third-order valence-electron chi connectivity index (χ3n) is 3.61. The van der Waals surface area contributed by atoms with E-state index in [2.05, 4.69) is 15.6 Å². The van der Waals surface area contributed by atoms with Crippen molar-refractivity contribution in [1.29, 1.82) is 0 Å². The summed E-state index contributed by atoms with van der Waals surface area (Å²) in [5, 5.41) is 5.43. The van der Waals surface area contributed by atoms with E-state index in [1.54, 1.807) is 19.1 Å². The van der Waals surface area contributed by atoms with E-state index in [1.165, 1.54) is 31.3 Å². The average Bonchev–Trinajstić information content (AvgIpc) is 2.59. The van der Waals surface area contributed by atoms with Crippen LogP contribution in [0.3, 0.4) is 0 Å². The number of amides is 2. The number of aromatic nitrogens is 1. The number of pyridine rings is 1. The fraction of sp³-hybridized carbons (Fsp3) is 0.316. The summed E-state index contributed by atoms with van der Waals surface area (Å²) in [6.07, 6.45) is 1.52. The number of nitrogens with one attached hydrogen (secondary N) is 2. The van der Waals surface area contributed by atoms with Gasteiger partial charge >= 0.3 is 0 Å². The predicted octanol–water partition coefficient (Wildman–Crippen LogP) is 4.22. The number of benzene rings is 1. The molecule has 0 saturated carbocycles. The number of carbonyl (C=O) groups is 2. The molecule has 0 saturated heterocycles. The van der Waals surface area contributed by atoms with Crippen LogP contribution in [-0.4, -0.2) is 29.3 Å². The Morgan fingerprint density at radius 1 is 1.29 bits per heavy atom. The molecular formula is C19H20ClF2N3O3. The summed E-state index contributed by atoms with van der Waals surface area (Å²) in [6, 6.07) is 7.15. The summed E-state index contributed by atoms with van der Waals surface area (Å²) in [5.74, 6) is -3.20. The quantitative estimate of drug-likeness (QED) is 0.714. The first-order chi connectivity index (χ1) is 13.0. The number of anilines is 1. The van der Waals surface area contributed by atoms with Gasteiger partial charge < -0.3 is 15.4 Å². The van der Waals surface area contributed by atoms with Crippen molar-refractivity contribution in [2.45, 2.75) is 32.7 Å². The number of hydrogen-bond donors (Lipinski definition) is 2. The van der Waals surface area contributed by atoms with Gasteiger partial charge in [0.05, 0.1) is 11.1 Å². The second-order valence-corrected chi connectivity index (χ2v) is 6.76. The van der Waals surface area contributed by atoms with Crippen molar-refractivity contribution in [2.75, 3.05) is 11.9 Å². The van der Waals surface area contributed by atoms with Crippen molar-refractivity contribution in [3.63, 3.8) is 0 Å². The molecule has 2 amide bonds. The maximum atomic E-state index is 12.9. The lowest BCUT2D eigenvalue weighted by Gasteiger charge is -2.16. The number of halogens is 3. The van der Waals surface area contributed by atoms with E-state index in [0.717, 1.165) is 12.5 Å². The largest absolute Gasteiger partial charge is 0.486 e. The number of carbonyl (C=O) groups excluding carboxylic acids is 2. The van der Waals surface area contributed by atoms with Crippen molar-refractivity contribution < 1.29 is 23.1 Å². The van der Waals surface area contributed by atoms with Gasteiger partial charge in [0.15, 0.2) is 6.61 Å². The molecule has 1 heterocycles. The molecule has 2 rings (SSSR count). The highest BCUT2D eigenvalue weighted by molar-refractivity contribution is 6.32. The van der Waals surface area contributed by atoms with Crippen molar-refractivity contribution in [1.82, 2.24) is 10.3 Å². The van der Waals surface area contributed by atoms with Crippen molar-refractivity contribution in [3.8, 4) is 5.75 Å². The SMILES string of the molecule is CC(=O)Nc1cc(C(C)NC(=O)c2ccc(OCC(C)(F)F)c(Cl)c2)ccn1. The Morgan fingerprint density at radius 2 is 2.00 bits per heavy atom. The Balaban J connectivity index is 2.06. The van der Waals surface area contributed by atoms with Gasteiger partial charge in [-0.15, -0.1) is 0 Å². The van der Waals surface area contributed by atoms with E-state index in [0.29, 0.717) is 5.82 Å². The van der Waals surface area contributed by atoms with Crippen molar-refractivity contribution in [2.24, 2.45) is 0 Å². The van der Waals surface area contributed by atoms with Gasteiger partial charge in [-0.1, -0.05) is 11.6 Å². The highest BCUT2D eigenvalue weighted by Gasteiger charge is 2.23. The molecule has 1 atom stereocenters. The summed E-state index contributed by atoms with van der Waals surface area (Å²) in [5.41, 5.74) is 0.993.